The Bertz CT molecular complexity index is 436. The summed E-state index contributed by atoms with van der Waals surface area (Å²) in [5.74, 6) is -0.184. The lowest BCUT2D eigenvalue weighted by molar-refractivity contribution is 0.638. The lowest BCUT2D eigenvalue weighted by Gasteiger charge is -1.91. The average molecular weight is 310 g/mol. The van der Waals surface area contributed by atoms with Gasteiger partial charge in [0, 0.05) is 15.0 Å². The zero-order valence-electron chi connectivity index (χ0n) is 5.84. The first-order valence-corrected chi connectivity index (χ1v) is 5.60. The van der Waals surface area contributed by atoms with Crippen LogP contribution in [0.4, 0.5) is 4.39 Å². The van der Waals surface area contributed by atoms with Gasteiger partial charge in [-0.05, 0) is 34.7 Å². The summed E-state index contributed by atoms with van der Waals surface area (Å²) >= 11 is 7.98. The molecule has 0 radical (unpaired) electrons. The van der Waals surface area contributed by atoms with Gasteiger partial charge in [0.05, 0.1) is 2.88 Å². The summed E-state index contributed by atoms with van der Waals surface area (Å²) in [5, 5.41) is 0.648. The van der Waals surface area contributed by atoms with Crippen LogP contribution in [0.3, 0.4) is 0 Å². The lowest BCUT2D eigenvalue weighted by atomic mass is 10.2. The number of halogens is 2. The Labute approximate surface area is 92.3 Å². The van der Waals surface area contributed by atoms with Crippen molar-refractivity contribution in [2.24, 2.45) is 0 Å². The molecular formula is C8H4FIS2. The van der Waals surface area contributed by atoms with E-state index in [9.17, 15) is 4.39 Å². The number of fused-ring (bicyclic) bond motifs is 1. The van der Waals surface area contributed by atoms with Gasteiger partial charge in [0.2, 0.25) is 0 Å². The molecule has 0 nitrogen and oxygen atoms in total. The molecule has 1 aromatic carbocycles. The van der Waals surface area contributed by atoms with Gasteiger partial charge in [-0.1, -0.05) is 6.07 Å². The quantitative estimate of drug-likeness (QED) is 0.553. The van der Waals surface area contributed by atoms with Crippen molar-refractivity contribution in [1.82, 2.24) is 0 Å². The fourth-order valence-corrected chi connectivity index (χ4v) is 3.32. The van der Waals surface area contributed by atoms with Crippen molar-refractivity contribution in [3.05, 3.63) is 26.9 Å². The molecule has 0 unspecified atom stereocenters. The van der Waals surface area contributed by atoms with Crippen LogP contribution in [0.25, 0.3) is 10.1 Å². The molecule has 12 heavy (non-hydrogen) atoms. The first kappa shape index (κ1) is 8.77. The maximum absolute atomic E-state index is 13.2. The number of hydrogen-bond acceptors (Lipinski definition) is 2. The Balaban J connectivity index is 2.97. The van der Waals surface area contributed by atoms with Crippen molar-refractivity contribution in [1.29, 1.82) is 0 Å². The van der Waals surface area contributed by atoms with E-state index in [1.165, 1.54) is 6.07 Å². The zero-order valence-corrected chi connectivity index (χ0v) is 9.71. The van der Waals surface area contributed by atoms with Crippen LogP contribution in [0.15, 0.2) is 23.1 Å². The van der Waals surface area contributed by atoms with Crippen LogP contribution in [0.2, 0.25) is 0 Å². The molecular weight excluding hydrogens is 306 g/mol. The minimum atomic E-state index is -0.184. The van der Waals surface area contributed by atoms with E-state index in [4.69, 9.17) is 0 Å². The van der Waals surface area contributed by atoms with E-state index in [2.05, 4.69) is 35.2 Å². The third-order valence-electron chi connectivity index (χ3n) is 1.60. The highest BCUT2D eigenvalue weighted by atomic mass is 127. The standard InChI is InChI=1S/C8H4FIS2/c9-4-2-1-3-5-6(4)7(11)8(10)12-5/h1-3,11H. The van der Waals surface area contributed by atoms with Gasteiger partial charge >= 0.3 is 0 Å². The lowest BCUT2D eigenvalue weighted by Crippen LogP contribution is -1.73. The second kappa shape index (κ2) is 3.16. The van der Waals surface area contributed by atoms with Gasteiger partial charge < -0.3 is 0 Å². The first-order chi connectivity index (χ1) is 5.70. The summed E-state index contributed by atoms with van der Waals surface area (Å²) in [5.41, 5.74) is 0. The summed E-state index contributed by atoms with van der Waals surface area (Å²) in [6.07, 6.45) is 0. The average Bonchev–Trinajstić information content (AvgIpc) is 2.29. The van der Waals surface area contributed by atoms with Gasteiger partial charge in [-0.3, -0.25) is 0 Å². The Hall–Kier alpha value is 0.190. The molecule has 0 aliphatic heterocycles. The van der Waals surface area contributed by atoms with E-state index in [0.29, 0.717) is 5.39 Å². The summed E-state index contributed by atoms with van der Waals surface area (Å²) in [6.45, 7) is 0. The molecule has 0 spiro atoms. The molecule has 4 heteroatoms. The maximum Gasteiger partial charge on any atom is 0.133 e. The van der Waals surface area contributed by atoms with Gasteiger partial charge in [0.15, 0.2) is 0 Å². The molecule has 0 aliphatic rings. The van der Waals surface area contributed by atoms with Gasteiger partial charge in [-0.2, -0.15) is 0 Å². The minimum Gasteiger partial charge on any atom is -0.206 e. The molecule has 0 fully saturated rings. The highest BCUT2D eigenvalue weighted by Crippen LogP contribution is 2.36. The summed E-state index contributed by atoms with van der Waals surface area (Å²) in [4.78, 5) is 0.758. The third kappa shape index (κ3) is 1.25. The van der Waals surface area contributed by atoms with E-state index in [1.54, 1.807) is 17.4 Å². The van der Waals surface area contributed by atoms with Crippen molar-refractivity contribution in [3.63, 3.8) is 0 Å². The van der Waals surface area contributed by atoms with E-state index in [-0.39, 0.29) is 5.82 Å². The van der Waals surface area contributed by atoms with Crippen LogP contribution in [-0.4, -0.2) is 0 Å². The van der Waals surface area contributed by atoms with Crippen LogP contribution < -0.4 is 0 Å². The molecule has 62 valence electrons. The Morgan fingerprint density at radius 3 is 2.83 bits per heavy atom. The van der Waals surface area contributed by atoms with E-state index >= 15 is 0 Å². The molecule has 0 aliphatic carbocycles. The van der Waals surface area contributed by atoms with Crippen molar-refractivity contribution in [2.45, 2.75) is 4.90 Å². The molecule has 0 atom stereocenters. The van der Waals surface area contributed by atoms with Crippen LogP contribution in [0.5, 0.6) is 0 Å². The van der Waals surface area contributed by atoms with Gasteiger partial charge in [0.1, 0.15) is 5.82 Å². The zero-order chi connectivity index (χ0) is 8.72. The van der Waals surface area contributed by atoms with Gasteiger partial charge in [-0.25, -0.2) is 4.39 Å². The van der Waals surface area contributed by atoms with Crippen LogP contribution in [0.1, 0.15) is 0 Å². The smallest absolute Gasteiger partial charge is 0.133 e. The Morgan fingerprint density at radius 2 is 2.17 bits per heavy atom. The summed E-state index contributed by atoms with van der Waals surface area (Å²) in [7, 11) is 0. The van der Waals surface area contributed by atoms with Crippen LogP contribution >= 0.6 is 46.6 Å². The highest BCUT2D eigenvalue weighted by molar-refractivity contribution is 14.1. The van der Waals surface area contributed by atoms with E-state index in [0.717, 1.165) is 12.5 Å². The van der Waals surface area contributed by atoms with Crippen molar-refractivity contribution in [2.75, 3.05) is 0 Å². The molecule has 0 amide bonds. The molecule has 0 bridgehead atoms. The number of thiophene rings is 1. The predicted octanol–water partition coefficient (Wildman–Crippen LogP) is 3.93. The fraction of sp³-hybridized carbons (Fsp3) is 0. The number of hydrogen-bond donors (Lipinski definition) is 1. The van der Waals surface area contributed by atoms with Gasteiger partial charge in [-0.15, -0.1) is 24.0 Å². The molecule has 0 N–H and O–H groups in total. The minimum absolute atomic E-state index is 0.184. The second-order valence-corrected chi connectivity index (χ2v) is 5.65. The third-order valence-corrected chi connectivity index (χ3v) is 4.77. The fourth-order valence-electron chi connectivity index (χ4n) is 1.06. The SMILES string of the molecule is Fc1cccc2sc(I)c(S)c12. The van der Waals surface area contributed by atoms with E-state index < -0.39 is 0 Å². The Kier molecular flexibility index (Phi) is 2.31. The largest absolute Gasteiger partial charge is 0.206 e. The van der Waals surface area contributed by atoms with Crippen LogP contribution in [0, 0.1) is 8.70 Å². The molecule has 1 aromatic heterocycles. The molecule has 2 aromatic rings. The topological polar surface area (TPSA) is 0 Å². The summed E-state index contributed by atoms with van der Waals surface area (Å²) < 4.78 is 15.2. The van der Waals surface area contributed by atoms with Crippen LogP contribution in [-0.2, 0) is 0 Å². The molecule has 0 saturated heterocycles. The Morgan fingerprint density at radius 1 is 1.42 bits per heavy atom. The first-order valence-electron chi connectivity index (χ1n) is 3.25. The molecule has 1 heterocycles. The van der Waals surface area contributed by atoms with Crippen molar-refractivity contribution >= 4 is 56.6 Å². The van der Waals surface area contributed by atoms with Crippen molar-refractivity contribution in [3.8, 4) is 0 Å². The van der Waals surface area contributed by atoms with Gasteiger partial charge in [0.25, 0.3) is 0 Å². The second-order valence-electron chi connectivity index (χ2n) is 2.34. The maximum atomic E-state index is 13.2. The normalized spacial score (nSPS) is 10.9. The molecule has 2 rings (SSSR count). The number of rotatable bonds is 0. The summed E-state index contributed by atoms with van der Waals surface area (Å²) in [6, 6.07) is 5.09. The predicted molar refractivity (Wildman–Crippen MR) is 61.8 cm³/mol. The van der Waals surface area contributed by atoms with E-state index in [1.807, 2.05) is 6.07 Å². The van der Waals surface area contributed by atoms with Crippen molar-refractivity contribution < 1.29 is 4.39 Å². The highest BCUT2D eigenvalue weighted by Gasteiger charge is 2.09. The number of thiol groups is 1. The monoisotopic (exact) mass is 310 g/mol. The molecule has 0 saturated carbocycles. The number of benzene rings is 1.